The number of thiazole rings is 1. The van der Waals surface area contributed by atoms with Gasteiger partial charge in [-0.05, 0) is 26.3 Å². The lowest BCUT2D eigenvalue weighted by molar-refractivity contribution is 0.415. The van der Waals surface area contributed by atoms with E-state index >= 15 is 0 Å². The number of nitrogens with one attached hydrogen (secondary N) is 1. The average molecular weight is 182 g/mol. The molecule has 1 aromatic rings. The smallest absolute Gasteiger partial charge is 0.0794 e. The second kappa shape index (κ2) is 3.15. The molecule has 0 aromatic carbocycles. The molecule has 1 atom stereocenters. The van der Waals surface area contributed by atoms with Gasteiger partial charge in [-0.15, -0.1) is 11.3 Å². The topological polar surface area (TPSA) is 24.9 Å². The molecular formula is C9H14N2S. The van der Waals surface area contributed by atoms with Gasteiger partial charge in [-0.25, -0.2) is 0 Å². The van der Waals surface area contributed by atoms with Crippen LogP contribution in [0.4, 0.5) is 0 Å². The van der Waals surface area contributed by atoms with Crippen molar-refractivity contribution in [3.8, 4) is 0 Å². The molecule has 1 unspecified atom stereocenters. The Kier molecular flexibility index (Phi) is 2.15. The molecule has 0 spiro atoms. The third kappa shape index (κ3) is 1.67. The molecule has 1 aromatic heterocycles. The predicted octanol–water partition coefficient (Wildman–Crippen LogP) is 1.83. The largest absolute Gasteiger partial charge is 0.311 e. The maximum Gasteiger partial charge on any atom is 0.0794 e. The van der Waals surface area contributed by atoms with Crippen molar-refractivity contribution in [1.82, 2.24) is 10.3 Å². The summed E-state index contributed by atoms with van der Waals surface area (Å²) in [4.78, 5) is 5.48. The van der Waals surface area contributed by atoms with Gasteiger partial charge < -0.3 is 5.32 Å². The Morgan fingerprint density at radius 3 is 3.25 bits per heavy atom. The summed E-state index contributed by atoms with van der Waals surface area (Å²) < 4.78 is 0. The van der Waals surface area contributed by atoms with E-state index in [2.05, 4.69) is 17.2 Å². The van der Waals surface area contributed by atoms with Crippen molar-refractivity contribution in [3.63, 3.8) is 0 Å². The summed E-state index contributed by atoms with van der Waals surface area (Å²) in [5, 5.41) is 3.55. The minimum absolute atomic E-state index is 0.340. The average Bonchev–Trinajstić information content (AvgIpc) is 2.62. The summed E-state index contributed by atoms with van der Waals surface area (Å²) >= 11 is 1.76. The molecule has 1 aliphatic heterocycles. The van der Waals surface area contributed by atoms with Crippen LogP contribution < -0.4 is 5.32 Å². The van der Waals surface area contributed by atoms with Gasteiger partial charge in [-0.3, -0.25) is 4.98 Å². The molecule has 0 aliphatic carbocycles. The summed E-state index contributed by atoms with van der Waals surface area (Å²) in [5.41, 5.74) is 2.25. The Morgan fingerprint density at radius 1 is 1.75 bits per heavy atom. The van der Waals surface area contributed by atoms with E-state index in [0.717, 1.165) is 6.42 Å². The van der Waals surface area contributed by atoms with Crippen molar-refractivity contribution in [3.05, 3.63) is 16.6 Å². The summed E-state index contributed by atoms with van der Waals surface area (Å²) in [6, 6.07) is 0. The Morgan fingerprint density at radius 2 is 2.67 bits per heavy atom. The molecule has 0 bridgehead atoms. The lowest BCUT2D eigenvalue weighted by atomic mass is 9.95. The van der Waals surface area contributed by atoms with Crippen molar-refractivity contribution in [2.75, 3.05) is 6.54 Å². The summed E-state index contributed by atoms with van der Waals surface area (Å²) in [6.45, 7) is 3.48. The van der Waals surface area contributed by atoms with Gasteiger partial charge in [0, 0.05) is 23.0 Å². The van der Waals surface area contributed by atoms with Crippen molar-refractivity contribution < 1.29 is 0 Å². The van der Waals surface area contributed by atoms with Crippen LogP contribution in [-0.4, -0.2) is 17.1 Å². The van der Waals surface area contributed by atoms with Crippen LogP contribution in [0.1, 0.15) is 24.6 Å². The Bertz CT molecular complexity index is 237. The van der Waals surface area contributed by atoms with Gasteiger partial charge in [0.1, 0.15) is 0 Å². The molecular weight excluding hydrogens is 168 g/mol. The highest BCUT2D eigenvalue weighted by Gasteiger charge is 2.28. The number of aromatic nitrogens is 1. The molecule has 0 radical (unpaired) electrons. The van der Waals surface area contributed by atoms with E-state index in [1.807, 2.05) is 11.7 Å². The van der Waals surface area contributed by atoms with Crippen LogP contribution in [0.15, 0.2) is 11.7 Å². The minimum atomic E-state index is 0.340. The highest BCUT2D eigenvalue weighted by atomic mass is 32.1. The third-order valence-electron chi connectivity index (χ3n) is 2.50. The number of rotatable bonds is 2. The lowest BCUT2D eigenvalue weighted by Gasteiger charge is -2.22. The Balaban J connectivity index is 2.02. The fraction of sp³-hybridized carbons (Fsp3) is 0.667. The Hall–Kier alpha value is -0.410. The first-order valence-corrected chi connectivity index (χ1v) is 5.29. The normalized spacial score (nSPS) is 29.4. The highest BCUT2D eigenvalue weighted by molar-refractivity contribution is 7.09. The van der Waals surface area contributed by atoms with Crippen molar-refractivity contribution in [2.45, 2.75) is 31.7 Å². The van der Waals surface area contributed by atoms with Gasteiger partial charge in [0.15, 0.2) is 0 Å². The van der Waals surface area contributed by atoms with E-state index < -0.39 is 0 Å². The third-order valence-corrected chi connectivity index (χ3v) is 3.28. The first-order chi connectivity index (χ1) is 5.79. The number of nitrogens with zero attached hydrogens (tertiary/aromatic N) is 1. The molecule has 3 heteroatoms. The van der Waals surface area contributed by atoms with E-state index in [1.165, 1.54) is 24.3 Å². The highest BCUT2D eigenvalue weighted by Crippen LogP contribution is 2.24. The van der Waals surface area contributed by atoms with Crippen LogP contribution in [0.25, 0.3) is 0 Å². The van der Waals surface area contributed by atoms with Crippen LogP contribution in [0, 0.1) is 0 Å². The lowest BCUT2D eigenvalue weighted by Crippen LogP contribution is -2.38. The van der Waals surface area contributed by atoms with Crippen molar-refractivity contribution >= 4 is 11.3 Å². The molecule has 1 aliphatic rings. The number of hydrogen-bond acceptors (Lipinski definition) is 3. The predicted molar refractivity (Wildman–Crippen MR) is 51.5 cm³/mol. The molecule has 0 saturated carbocycles. The van der Waals surface area contributed by atoms with Gasteiger partial charge in [-0.2, -0.15) is 0 Å². The molecule has 66 valence electrons. The standard InChI is InChI=1S/C9H14N2S/c1-9(3-2-4-11-9)5-8-6-10-7-12-8/h6-7,11H,2-5H2,1H3. The molecule has 2 nitrogen and oxygen atoms in total. The zero-order valence-electron chi connectivity index (χ0n) is 7.34. The van der Waals surface area contributed by atoms with Gasteiger partial charge >= 0.3 is 0 Å². The van der Waals surface area contributed by atoms with E-state index in [4.69, 9.17) is 0 Å². The molecule has 12 heavy (non-hydrogen) atoms. The second-order valence-corrected chi connectivity index (χ2v) is 4.71. The van der Waals surface area contributed by atoms with Gasteiger partial charge in [-0.1, -0.05) is 0 Å². The fourth-order valence-electron chi connectivity index (χ4n) is 1.82. The quantitative estimate of drug-likeness (QED) is 0.754. The van der Waals surface area contributed by atoms with Crippen molar-refractivity contribution in [1.29, 1.82) is 0 Å². The first kappa shape index (κ1) is 8.20. The molecule has 0 amide bonds. The second-order valence-electron chi connectivity index (χ2n) is 3.74. The SMILES string of the molecule is CC1(Cc2cncs2)CCCN1. The van der Waals surface area contributed by atoms with Crippen LogP contribution >= 0.6 is 11.3 Å². The minimum Gasteiger partial charge on any atom is -0.311 e. The molecule has 2 heterocycles. The van der Waals surface area contributed by atoms with E-state index in [9.17, 15) is 0 Å². The van der Waals surface area contributed by atoms with Crippen LogP contribution in [-0.2, 0) is 6.42 Å². The Labute approximate surface area is 77.0 Å². The van der Waals surface area contributed by atoms with Gasteiger partial charge in [0.05, 0.1) is 5.51 Å². The van der Waals surface area contributed by atoms with E-state index in [0.29, 0.717) is 5.54 Å². The maximum atomic E-state index is 4.09. The summed E-state index contributed by atoms with van der Waals surface area (Å²) in [6.07, 6.45) is 5.73. The van der Waals surface area contributed by atoms with Crippen LogP contribution in [0.2, 0.25) is 0 Å². The molecule has 2 rings (SSSR count). The molecule has 1 N–H and O–H groups in total. The fourth-order valence-corrected chi connectivity index (χ4v) is 2.60. The zero-order valence-corrected chi connectivity index (χ0v) is 8.16. The van der Waals surface area contributed by atoms with Gasteiger partial charge in [0.25, 0.3) is 0 Å². The zero-order chi connectivity index (χ0) is 8.44. The summed E-state index contributed by atoms with van der Waals surface area (Å²) in [7, 11) is 0. The molecule has 1 fully saturated rings. The van der Waals surface area contributed by atoms with Crippen LogP contribution in [0.3, 0.4) is 0 Å². The van der Waals surface area contributed by atoms with Crippen LogP contribution in [0.5, 0.6) is 0 Å². The monoisotopic (exact) mass is 182 g/mol. The van der Waals surface area contributed by atoms with Crippen molar-refractivity contribution in [2.24, 2.45) is 0 Å². The number of hydrogen-bond donors (Lipinski definition) is 1. The summed E-state index contributed by atoms with van der Waals surface area (Å²) in [5.74, 6) is 0. The first-order valence-electron chi connectivity index (χ1n) is 4.41. The molecule has 1 saturated heterocycles. The van der Waals surface area contributed by atoms with E-state index in [-0.39, 0.29) is 0 Å². The van der Waals surface area contributed by atoms with Gasteiger partial charge in [0.2, 0.25) is 0 Å². The van der Waals surface area contributed by atoms with E-state index in [1.54, 1.807) is 11.3 Å². The maximum absolute atomic E-state index is 4.09.